The average Bonchev–Trinajstić information content (AvgIpc) is 2.60. The molecule has 5 nitrogen and oxygen atoms in total. The molecule has 5 heteroatoms. The van der Waals surface area contributed by atoms with Crippen molar-refractivity contribution in [1.29, 1.82) is 0 Å². The molecule has 0 aromatic rings. The molecular formula is C7H10O5. The second-order valence-electron chi connectivity index (χ2n) is 3.09. The molecule has 0 radical (unpaired) electrons. The van der Waals surface area contributed by atoms with Crippen molar-refractivity contribution in [2.24, 2.45) is 5.92 Å². The van der Waals surface area contributed by atoms with E-state index in [1.807, 2.05) is 0 Å². The Labute approximate surface area is 68.9 Å². The maximum Gasteiger partial charge on any atom is 0.339 e. The highest BCUT2D eigenvalue weighted by Crippen LogP contribution is 2.43. The molecule has 1 aliphatic heterocycles. The number of epoxide rings is 1. The highest BCUT2D eigenvalue weighted by Gasteiger charge is 2.69. The van der Waals surface area contributed by atoms with E-state index in [0.29, 0.717) is 0 Å². The number of hydrogen-bond donors (Lipinski definition) is 2. The maximum atomic E-state index is 10.7. The predicted octanol–water partition coefficient (Wildman–Crippen LogP) is -0.0508. The lowest BCUT2D eigenvalue weighted by Crippen LogP contribution is -2.35. The Kier molecular flexibility index (Phi) is 1.83. The van der Waals surface area contributed by atoms with Crippen molar-refractivity contribution in [3.63, 3.8) is 0 Å². The van der Waals surface area contributed by atoms with Crippen molar-refractivity contribution < 1.29 is 24.5 Å². The summed E-state index contributed by atoms with van der Waals surface area (Å²) in [5, 5.41) is 17.2. The van der Waals surface area contributed by atoms with Crippen LogP contribution in [0.4, 0.5) is 0 Å². The van der Waals surface area contributed by atoms with Gasteiger partial charge in [0, 0.05) is 0 Å². The molecule has 1 aliphatic rings. The van der Waals surface area contributed by atoms with Crippen molar-refractivity contribution in [1.82, 2.24) is 0 Å². The quantitative estimate of drug-likeness (QED) is 0.585. The van der Waals surface area contributed by atoms with Gasteiger partial charge in [0.25, 0.3) is 0 Å². The van der Waals surface area contributed by atoms with Crippen molar-refractivity contribution in [3.8, 4) is 0 Å². The largest absolute Gasteiger partial charge is 0.479 e. The molecule has 2 unspecified atom stereocenters. The second-order valence-corrected chi connectivity index (χ2v) is 3.09. The van der Waals surface area contributed by atoms with Gasteiger partial charge in [-0.25, -0.2) is 9.59 Å². The van der Waals surface area contributed by atoms with Gasteiger partial charge in [-0.05, 0) is 5.92 Å². The molecule has 2 N–H and O–H groups in total. The van der Waals surface area contributed by atoms with Crippen LogP contribution in [0.2, 0.25) is 0 Å². The summed E-state index contributed by atoms with van der Waals surface area (Å²) in [4.78, 5) is 21.0. The van der Waals surface area contributed by atoms with Crippen molar-refractivity contribution in [2.75, 3.05) is 0 Å². The van der Waals surface area contributed by atoms with Crippen molar-refractivity contribution in [3.05, 3.63) is 0 Å². The molecule has 0 amide bonds. The minimum atomic E-state index is -1.49. The Balaban J connectivity index is 2.83. The summed E-state index contributed by atoms with van der Waals surface area (Å²) in [6.07, 6.45) is -1.19. The third-order valence-corrected chi connectivity index (χ3v) is 2.06. The Morgan fingerprint density at radius 1 is 1.42 bits per heavy atom. The molecule has 12 heavy (non-hydrogen) atoms. The Hall–Kier alpha value is -1.10. The first-order chi connectivity index (χ1) is 5.43. The molecule has 1 saturated heterocycles. The van der Waals surface area contributed by atoms with Gasteiger partial charge in [-0.15, -0.1) is 0 Å². The number of ether oxygens (including phenoxy) is 1. The molecule has 0 spiro atoms. The van der Waals surface area contributed by atoms with Gasteiger partial charge >= 0.3 is 11.9 Å². The van der Waals surface area contributed by atoms with Crippen LogP contribution in [0.25, 0.3) is 0 Å². The fraction of sp³-hybridized carbons (Fsp3) is 0.714. The van der Waals surface area contributed by atoms with Gasteiger partial charge in [-0.1, -0.05) is 13.8 Å². The van der Waals surface area contributed by atoms with Crippen LogP contribution in [-0.2, 0) is 14.3 Å². The molecule has 68 valence electrons. The lowest BCUT2D eigenvalue weighted by atomic mass is 9.92. The van der Waals surface area contributed by atoms with Crippen LogP contribution in [0.15, 0.2) is 0 Å². The molecule has 0 saturated carbocycles. The fourth-order valence-corrected chi connectivity index (χ4v) is 1.24. The van der Waals surface area contributed by atoms with Crippen LogP contribution in [0.1, 0.15) is 13.8 Å². The van der Waals surface area contributed by atoms with E-state index in [4.69, 9.17) is 10.2 Å². The summed E-state index contributed by atoms with van der Waals surface area (Å²) in [7, 11) is 0. The van der Waals surface area contributed by atoms with E-state index in [-0.39, 0.29) is 5.92 Å². The van der Waals surface area contributed by atoms with E-state index in [9.17, 15) is 9.59 Å². The van der Waals surface area contributed by atoms with Gasteiger partial charge in [-0.3, -0.25) is 0 Å². The number of carboxylic acids is 2. The number of hydrogen-bond acceptors (Lipinski definition) is 3. The lowest BCUT2D eigenvalue weighted by molar-refractivity contribution is -0.146. The van der Waals surface area contributed by atoms with Crippen LogP contribution in [0.3, 0.4) is 0 Å². The van der Waals surface area contributed by atoms with Crippen LogP contribution in [0, 0.1) is 5.92 Å². The molecule has 1 heterocycles. The topological polar surface area (TPSA) is 87.1 Å². The summed E-state index contributed by atoms with van der Waals surface area (Å²) in [6.45, 7) is 3.24. The minimum Gasteiger partial charge on any atom is -0.479 e. The van der Waals surface area contributed by atoms with Crippen molar-refractivity contribution >= 4 is 11.9 Å². The average molecular weight is 174 g/mol. The van der Waals surface area contributed by atoms with Crippen molar-refractivity contribution in [2.45, 2.75) is 25.6 Å². The van der Waals surface area contributed by atoms with Crippen LogP contribution in [0.5, 0.6) is 0 Å². The third-order valence-electron chi connectivity index (χ3n) is 2.06. The van der Waals surface area contributed by atoms with Gasteiger partial charge in [0.05, 0.1) is 0 Å². The molecule has 1 fully saturated rings. The summed E-state index contributed by atoms with van der Waals surface area (Å²) in [5.41, 5.74) is -1.49. The SMILES string of the molecule is CC(C)C1(C(=O)O)OC1C(=O)O. The normalized spacial score (nSPS) is 33.4. The fourth-order valence-electron chi connectivity index (χ4n) is 1.24. The van der Waals surface area contributed by atoms with Gasteiger partial charge in [0.2, 0.25) is 5.60 Å². The number of carbonyl (C=O) groups is 2. The van der Waals surface area contributed by atoms with Gasteiger partial charge in [0.1, 0.15) is 0 Å². The third kappa shape index (κ3) is 0.972. The maximum absolute atomic E-state index is 10.7. The van der Waals surface area contributed by atoms with Crippen LogP contribution in [-0.4, -0.2) is 33.9 Å². The highest BCUT2D eigenvalue weighted by atomic mass is 16.7. The summed E-state index contributed by atoms with van der Waals surface area (Å²) >= 11 is 0. The summed E-state index contributed by atoms with van der Waals surface area (Å²) in [6, 6.07) is 0. The molecule has 0 aromatic carbocycles. The minimum absolute atomic E-state index is 0.337. The van der Waals surface area contributed by atoms with Crippen LogP contribution < -0.4 is 0 Å². The zero-order chi connectivity index (χ0) is 9.52. The number of carboxylic acid groups (broad SMARTS) is 2. The molecule has 2 atom stereocenters. The standard InChI is InChI=1S/C7H10O5/c1-3(2)7(6(10)11)4(12-7)5(8)9/h3-4H,1-2H3,(H,8,9)(H,10,11). The van der Waals surface area contributed by atoms with E-state index >= 15 is 0 Å². The van der Waals surface area contributed by atoms with E-state index in [2.05, 4.69) is 4.74 Å². The molecule has 0 aliphatic carbocycles. The molecular weight excluding hydrogens is 164 g/mol. The lowest BCUT2D eigenvalue weighted by Gasteiger charge is -2.09. The highest BCUT2D eigenvalue weighted by molar-refractivity contribution is 5.92. The Bertz CT molecular complexity index is 234. The van der Waals surface area contributed by atoms with E-state index in [1.165, 1.54) is 0 Å². The molecule has 0 bridgehead atoms. The van der Waals surface area contributed by atoms with Gasteiger partial charge in [-0.2, -0.15) is 0 Å². The monoisotopic (exact) mass is 174 g/mol. The number of rotatable bonds is 3. The Morgan fingerprint density at radius 3 is 2.00 bits per heavy atom. The van der Waals surface area contributed by atoms with Crippen LogP contribution >= 0.6 is 0 Å². The zero-order valence-electron chi connectivity index (χ0n) is 6.77. The van der Waals surface area contributed by atoms with E-state index in [0.717, 1.165) is 0 Å². The molecule has 0 aromatic heterocycles. The second kappa shape index (κ2) is 2.45. The predicted molar refractivity (Wildman–Crippen MR) is 37.7 cm³/mol. The first kappa shape index (κ1) is 8.99. The number of aliphatic carboxylic acids is 2. The summed E-state index contributed by atoms with van der Waals surface area (Å²) in [5.74, 6) is -2.76. The smallest absolute Gasteiger partial charge is 0.339 e. The Morgan fingerprint density at radius 2 is 1.92 bits per heavy atom. The molecule has 1 rings (SSSR count). The first-order valence-corrected chi connectivity index (χ1v) is 3.57. The van der Waals surface area contributed by atoms with Gasteiger partial charge in [0.15, 0.2) is 6.10 Å². The van der Waals surface area contributed by atoms with Gasteiger partial charge < -0.3 is 14.9 Å². The first-order valence-electron chi connectivity index (χ1n) is 3.57. The van der Waals surface area contributed by atoms with E-state index < -0.39 is 23.6 Å². The van der Waals surface area contributed by atoms with E-state index in [1.54, 1.807) is 13.8 Å². The summed E-state index contributed by atoms with van der Waals surface area (Å²) < 4.78 is 4.69. The zero-order valence-corrected chi connectivity index (χ0v) is 6.77.